The molecule has 4 rings (SSSR count). The van der Waals surface area contributed by atoms with Gasteiger partial charge in [-0.05, 0) is 41.5 Å². The van der Waals surface area contributed by atoms with Gasteiger partial charge in [0.2, 0.25) is 10.0 Å². The zero-order valence-electron chi connectivity index (χ0n) is 19.4. The molecule has 0 unspecified atom stereocenters. The molecule has 36 heavy (non-hydrogen) atoms. The van der Waals surface area contributed by atoms with E-state index < -0.39 is 15.8 Å². The molecule has 0 saturated heterocycles. The maximum absolute atomic E-state index is 13.5. The smallest absolute Gasteiger partial charge is 0.257 e. The van der Waals surface area contributed by atoms with Gasteiger partial charge in [0.1, 0.15) is 5.82 Å². The molecule has 0 aliphatic rings. The first-order valence-electron chi connectivity index (χ1n) is 10.7. The zero-order chi connectivity index (χ0) is 25.9. The Labute approximate surface area is 213 Å². The van der Waals surface area contributed by atoms with Crippen molar-refractivity contribution in [3.05, 3.63) is 101 Å². The number of pyridine rings is 1. The van der Waals surface area contributed by atoms with Crippen molar-refractivity contribution in [2.75, 3.05) is 16.3 Å². The summed E-state index contributed by atoms with van der Waals surface area (Å²) in [6, 6.07) is 15.2. The summed E-state index contributed by atoms with van der Waals surface area (Å²) in [6.07, 6.45) is 9.07. The lowest BCUT2D eigenvalue weighted by Crippen LogP contribution is -2.13. The number of hydrogen-bond acceptors (Lipinski definition) is 4. The van der Waals surface area contributed by atoms with Crippen LogP contribution in [0.5, 0.6) is 0 Å². The molecule has 7 nitrogen and oxygen atoms in total. The summed E-state index contributed by atoms with van der Waals surface area (Å²) in [5.41, 5.74) is 4.16. The van der Waals surface area contributed by atoms with Crippen molar-refractivity contribution in [3.63, 3.8) is 0 Å². The Bertz CT molecular complexity index is 1580. The number of anilines is 2. The molecule has 4 aromatic rings. The van der Waals surface area contributed by atoms with E-state index in [1.807, 2.05) is 42.0 Å². The monoisotopic (exact) mass is 524 g/mol. The maximum atomic E-state index is 13.5. The van der Waals surface area contributed by atoms with Gasteiger partial charge in [0.25, 0.3) is 5.91 Å². The van der Waals surface area contributed by atoms with E-state index in [4.69, 9.17) is 11.6 Å². The third kappa shape index (κ3) is 6.38. The van der Waals surface area contributed by atoms with Crippen molar-refractivity contribution in [1.29, 1.82) is 0 Å². The minimum Gasteiger partial charge on any atom is -0.350 e. The molecule has 0 fully saturated rings. The molecule has 0 atom stereocenters. The van der Waals surface area contributed by atoms with Crippen LogP contribution in [-0.2, 0) is 17.1 Å². The van der Waals surface area contributed by atoms with Gasteiger partial charge in [-0.2, -0.15) is 0 Å². The predicted octanol–water partition coefficient (Wildman–Crippen LogP) is 5.67. The van der Waals surface area contributed by atoms with Gasteiger partial charge in [-0.3, -0.25) is 14.5 Å². The Balaban J connectivity index is 1.60. The Hall–Kier alpha value is -3.95. The summed E-state index contributed by atoms with van der Waals surface area (Å²) < 4.78 is 40.7. The molecule has 2 N–H and O–H groups in total. The number of sulfonamides is 1. The van der Waals surface area contributed by atoms with Gasteiger partial charge in [-0.1, -0.05) is 48.0 Å². The lowest BCUT2D eigenvalue weighted by molar-refractivity contribution is 0.102. The van der Waals surface area contributed by atoms with Crippen LogP contribution in [0.25, 0.3) is 23.4 Å². The van der Waals surface area contributed by atoms with E-state index in [2.05, 4.69) is 15.0 Å². The highest BCUT2D eigenvalue weighted by molar-refractivity contribution is 7.92. The van der Waals surface area contributed by atoms with Gasteiger partial charge in [0, 0.05) is 41.4 Å². The number of aryl methyl sites for hydroxylation is 1. The van der Waals surface area contributed by atoms with E-state index >= 15 is 0 Å². The third-order valence-corrected chi connectivity index (χ3v) is 5.97. The fourth-order valence-corrected chi connectivity index (χ4v) is 4.46. The number of carbonyl (C=O) groups is 1. The van der Waals surface area contributed by atoms with Crippen LogP contribution >= 0.6 is 11.6 Å². The van der Waals surface area contributed by atoms with Gasteiger partial charge >= 0.3 is 0 Å². The molecule has 2 aromatic heterocycles. The van der Waals surface area contributed by atoms with Gasteiger partial charge in [0.05, 0.1) is 23.7 Å². The van der Waals surface area contributed by atoms with Crippen LogP contribution in [0.4, 0.5) is 15.8 Å². The second kappa shape index (κ2) is 10.3. The molecule has 0 aliphatic heterocycles. The van der Waals surface area contributed by atoms with Gasteiger partial charge in [-0.15, -0.1) is 0 Å². The number of nitrogens with one attached hydrogen (secondary N) is 2. The van der Waals surface area contributed by atoms with Crippen molar-refractivity contribution in [1.82, 2.24) is 9.55 Å². The largest absolute Gasteiger partial charge is 0.350 e. The number of benzene rings is 2. The zero-order valence-corrected chi connectivity index (χ0v) is 20.9. The third-order valence-electron chi connectivity index (χ3n) is 5.14. The first-order chi connectivity index (χ1) is 17.1. The van der Waals surface area contributed by atoms with E-state index in [0.29, 0.717) is 16.8 Å². The van der Waals surface area contributed by atoms with Crippen molar-refractivity contribution >= 4 is 51.1 Å². The Morgan fingerprint density at radius 2 is 1.81 bits per heavy atom. The lowest BCUT2D eigenvalue weighted by Gasteiger charge is -2.09. The van der Waals surface area contributed by atoms with E-state index in [1.54, 1.807) is 24.5 Å². The first-order valence-corrected chi connectivity index (χ1v) is 13.0. The number of halogens is 2. The van der Waals surface area contributed by atoms with E-state index in [1.165, 1.54) is 24.3 Å². The van der Waals surface area contributed by atoms with Crippen LogP contribution in [0.15, 0.2) is 73.2 Å². The highest BCUT2D eigenvalue weighted by atomic mass is 35.5. The molecule has 0 radical (unpaired) electrons. The molecule has 0 bridgehead atoms. The van der Waals surface area contributed by atoms with Gasteiger partial charge < -0.3 is 9.88 Å². The Morgan fingerprint density at radius 1 is 1.06 bits per heavy atom. The molecule has 0 saturated carbocycles. The van der Waals surface area contributed by atoms with Crippen LogP contribution < -0.4 is 10.0 Å². The Morgan fingerprint density at radius 3 is 2.56 bits per heavy atom. The van der Waals surface area contributed by atoms with Crippen molar-refractivity contribution in [3.8, 4) is 11.3 Å². The fraction of sp³-hybridized carbons (Fsp3) is 0.0769. The van der Waals surface area contributed by atoms with Crippen LogP contribution in [0.2, 0.25) is 5.02 Å². The number of rotatable bonds is 7. The summed E-state index contributed by atoms with van der Waals surface area (Å²) in [6.45, 7) is 0. The average Bonchev–Trinajstić information content (AvgIpc) is 3.18. The van der Waals surface area contributed by atoms with Crippen LogP contribution in [0.3, 0.4) is 0 Å². The number of hydrogen-bond donors (Lipinski definition) is 2. The normalized spacial score (nSPS) is 11.6. The molecule has 184 valence electrons. The SMILES string of the molecule is Cn1cc(C(=O)Nc2cc(Cl)cc(NS(C)(=O)=O)c2)cc1-c1ccccc1/C=C/c1cncc(F)c1. The van der Waals surface area contributed by atoms with Gasteiger partial charge in [-0.25, -0.2) is 12.8 Å². The summed E-state index contributed by atoms with van der Waals surface area (Å²) in [5, 5.41) is 3.02. The second-order valence-corrected chi connectivity index (χ2v) is 10.3. The number of amides is 1. The average molecular weight is 525 g/mol. The molecule has 10 heteroatoms. The Kier molecular flexibility index (Phi) is 7.23. The summed E-state index contributed by atoms with van der Waals surface area (Å²) in [7, 11) is -1.68. The van der Waals surface area contributed by atoms with Crippen LogP contribution in [0, 0.1) is 5.82 Å². The van der Waals surface area contributed by atoms with Crippen molar-refractivity contribution in [2.24, 2.45) is 7.05 Å². The number of nitrogens with zero attached hydrogens (tertiary/aromatic N) is 2. The second-order valence-electron chi connectivity index (χ2n) is 8.14. The minimum atomic E-state index is -3.51. The number of carbonyl (C=O) groups excluding carboxylic acids is 1. The molecule has 2 aromatic carbocycles. The minimum absolute atomic E-state index is 0.239. The van der Waals surface area contributed by atoms with Crippen LogP contribution in [0.1, 0.15) is 21.5 Å². The van der Waals surface area contributed by atoms with Crippen molar-refractivity contribution in [2.45, 2.75) is 0 Å². The highest BCUT2D eigenvalue weighted by Gasteiger charge is 2.15. The molecular weight excluding hydrogens is 503 g/mol. The summed E-state index contributed by atoms with van der Waals surface area (Å²) >= 11 is 6.10. The standard InChI is InChI=1S/C26H22ClFN4O3S/c1-32-16-19(26(33)30-22-11-20(27)12-23(13-22)31-36(2,34)35)10-25(32)24-6-4-3-5-18(24)8-7-17-9-21(28)15-29-14-17/h3-16,31H,1-2H3,(H,30,33)/b8-7+. The lowest BCUT2D eigenvalue weighted by atomic mass is 10.0. The molecular formula is C26H22ClFN4O3S. The molecule has 1 amide bonds. The van der Waals surface area contributed by atoms with Crippen LogP contribution in [-0.4, -0.2) is 30.1 Å². The topological polar surface area (TPSA) is 93.1 Å². The summed E-state index contributed by atoms with van der Waals surface area (Å²) in [5.74, 6) is -0.800. The van der Waals surface area contributed by atoms with Gasteiger partial charge in [0.15, 0.2) is 0 Å². The quantitative estimate of drug-likeness (QED) is 0.325. The summed E-state index contributed by atoms with van der Waals surface area (Å²) in [4.78, 5) is 16.8. The maximum Gasteiger partial charge on any atom is 0.257 e. The number of aromatic nitrogens is 2. The van der Waals surface area contributed by atoms with Crippen molar-refractivity contribution < 1.29 is 17.6 Å². The first kappa shape index (κ1) is 25.2. The molecule has 0 aliphatic carbocycles. The highest BCUT2D eigenvalue weighted by Crippen LogP contribution is 2.28. The fourth-order valence-electron chi connectivity index (χ4n) is 3.68. The van der Waals surface area contributed by atoms with E-state index in [9.17, 15) is 17.6 Å². The van der Waals surface area contributed by atoms with E-state index in [-0.39, 0.29) is 16.6 Å². The molecule has 0 spiro atoms. The molecule has 2 heterocycles. The predicted molar refractivity (Wildman–Crippen MR) is 142 cm³/mol. The van der Waals surface area contributed by atoms with E-state index in [0.717, 1.165) is 29.3 Å².